The van der Waals surface area contributed by atoms with Crippen LogP contribution in [-0.4, -0.2) is 19.5 Å². The van der Waals surface area contributed by atoms with Gasteiger partial charge in [0.2, 0.25) is 0 Å². The summed E-state index contributed by atoms with van der Waals surface area (Å²) < 4.78 is 27.6. The Morgan fingerprint density at radius 2 is 1.71 bits per heavy atom. The number of anilines is 1. The van der Waals surface area contributed by atoms with Crippen LogP contribution in [0.4, 0.5) is 5.69 Å². The van der Waals surface area contributed by atoms with Crippen molar-refractivity contribution in [1.29, 1.82) is 0 Å². The van der Waals surface area contributed by atoms with Crippen LogP contribution < -0.4 is 4.72 Å². The van der Waals surface area contributed by atoms with Crippen LogP contribution in [0.15, 0.2) is 57.9 Å². The van der Waals surface area contributed by atoms with Crippen molar-refractivity contribution in [3.05, 3.63) is 58.6 Å². The maximum Gasteiger partial charge on any atom is 0.307 e. The number of halogens is 1. The van der Waals surface area contributed by atoms with Gasteiger partial charge in [-0.3, -0.25) is 9.52 Å². The summed E-state index contributed by atoms with van der Waals surface area (Å²) in [6.45, 7) is 0. The molecule has 0 aromatic heterocycles. The molecule has 0 amide bonds. The molecular formula is C14H12BrNO4S. The van der Waals surface area contributed by atoms with Gasteiger partial charge in [0.1, 0.15) is 4.90 Å². The van der Waals surface area contributed by atoms with E-state index in [1.807, 2.05) is 0 Å². The molecule has 0 unspecified atom stereocenters. The van der Waals surface area contributed by atoms with Gasteiger partial charge < -0.3 is 5.11 Å². The van der Waals surface area contributed by atoms with Crippen molar-refractivity contribution in [2.24, 2.45) is 0 Å². The molecule has 110 valence electrons. The number of hydrogen-bond acceptors (Lipinski definition) is 3. The van der Waals surface area contributed by atoms with Crippen LogP contribution in [0.3, 0.4) is 0 Å². The van der Waals surface area contributed by atoms with Crippen LogP contribution in [0.2, 0.25) is 0 Å². The number of para-hydroxylation sites is 1. The molecule has 0 atom stereocenters. The van der Waals surface area contributed by atoms with E-state index in [1.54, 1.807) is 36.4 Å². The summed E-state index contributed by atoms with van der Waals surface area (Å²) in [7, 11) is -3.79. The first-order chi connectivity index (χ1) is 9.90. The highest BCUT2D eigenvalue weighted by atomic mass is 79.9. The predicted octanol–water partition coefficient (Wildman–Crippen LogP) is 2.88. The van der Waals surface area contributed by atoms with Gasteiger partial charge in [-0.05, 0) is 39.7 Å². The Balaban J connectivity index is 2.38. The first-order valence-electron chi connectivity index (χ1n) is 5.97. The number of carbonyl (C=O) groups is 1. The molecule has 0 aliphatic heterocycles. The van der Waals surface area contributed by atoms with Crippen molar-refractivity contribution >= 4 is 37.6 Å². The zero-order chi connectivity index (χ0) is 15.5. The summed E-state index contributed by atoms with van der Waals surface area (Å²) in [5, 5.41) is 8.87. The molecule has 0 aliphatic rings. The highest BCUT2D eigenvalue weighted by Gasteiger charge is 2.19. The third-order valence-corrected chi connectivity index (χ3v) is 5.11. The summed E-state index contributed by atoms with van der Waals surface area (Å²) in [6.07, 6.45) is -0.255. The highest BCUT2D eigenvalue weighted by Crippen LogP contribution is 2.25. The summed E-state index contributed by atoms with van der Waals surface area (Å²) in [5.74, 6) is -1.03. The molecule has 2 N–H and O–H groups in total. The van der Waals surface area contributed by atoms with Crippen LogP contribution >= 0.6 is 15.9 Å². The van der Waals surface area contributed by atoms with Crippen LogP contribution in [-0.2, 0) is 21.2 Å². The number of sulfonamides is 1. The number of aliphatic carboxylic acids is 1. The Labute approximate surface area is 130 Å². The minimum absolute atomic E-state index is 0.0927. The SMILES string of the molecule is O=C(O)Cc1ccccc1NS(=O)(=O)c1ccccc1Br. The monoisotopic (exact) mass is 369 g/mol. The van der Waals surface area contributed by atoms with Gasteiger partial charge in [0.15, 0.2) is 0 Å². The smallest absolute Gasteiger partial charge is 0.307 e. The third-order valence-electron chi connectivity index (χ3n) is 2.73. The standard InChI is InChI=1S/C14H12BrNO4S/c15-11-6-2-4-8-13(11)21(19,20)16-12-7-3-1-5-10(12)9-14(17)18/h1-8,16H,9H2,(H,17,18). The molecule has 7 heteroatoms. The number of rotatable bonds is 5. The Morgan fingerprint density at radius 1 is 1.10 bits per heavy atom. The summed E-state index contributed by atoms with van der Waals surface area (Å²) in [6, 6.07) is 12.8. The first kappa shape index (κ1) is 15.5. The van der Waals surface area contributed by atoms with Gasteiger partial charge in [0.05, 0.1) is 12.1 Å². The fourth-order valence-electron chi connectivity index (χ4n) is 1.80. The van der Waals surface area contributed by atoms with E-state index in [0.29, 0.717) is 10.0 Å². The van der Waals surface area contributed by atoms with E-state index in [9.17, 15) is 13.2 Å². The number of nitrogens with one attached hydrogen (secondary N) is 1. The quantitative estimate of drug-likeness (QED) is 0.848. The molecule has 0 heterocycles. The molecule has 0 radical (unpaired) electrons. The average Bonchev–Trinajstić information content (AvgIpc) is 2.40. The normalized spacial score (nSPS) is 11.1. The van der Waals surface area contributed by atoms with Crippen LogP contribution in [0, 0.1) is 0 Å². The Kier molecular flexibility index (Phi) is 4.64. The summed E-state index contributed by atoms with van der Waals surface area (Å²) >= 11 is 3.19. The van der Waals surface area contributed by atoms with E-state index in [0.717, 1.165) is 0 Å². The molecule has 0 bridgehead atoms. The Morgan fingerprint density at radius 3 is 2.38 bits per heavy atom. The molecular weight excluding hydrogens is 358 g/mol. The van der Waals surface area contributed by atoms with Crippen LogP contribution in [0.1, 0.15) is 5.56 Å². The molecule has 2 rings (SSSR count). The molecule has 0 saturated heterocycles. The fraction of sp³-hybridized carbons (Fsp3) is 0.0714. The highest BCUT2D eigenvalue weighted by molar-refractivity contribution is 9.10. The van der Waals surface area contributed by atoms with Crippen LogP contribution in [0.25, 0.3) is 0 Å². The Hall–Kier alpha value is -1.86. The van der Waals surface area contributed by atoms with E-state index in [2.05, 4.69) is 20.7 Å². The van der Waals surface area contributed by atoms with Gasteiger partial charge >= 0.3 is 5.97 Å². The van der Waals surface area contributed by atoms with Crippen molar-refractivity contribution in [3.8, 4) is 0 Å². The molecule has 2 aromatic rings. The van der Waals surface area contributed by atoms with Crippen LogP contribution in [0.5, 0.6) is 0 Å². The van der Waals surface area contributed by atoms with Crippen molar-refractivity contribution in [2.45, 2.75) is 11.3 Å². The van der Waals surface area contributed by atoms with E-state index >= 15 is 0 Å². The van der Waals surface area contributed by atoms with E-state index in [1.165, 1.54) is 12.1 Å². The Bertz CT molecular complexity index is 774. The summed E-state index contributed by atoms with van der Waals surface area (Å²) in [5.41, 5.74) is 0.663. The first-order valence-corrected chi connectivity index (χ1v) is 8.25. The molecule has 0 aliphatic carbocycles. The molecule has 0 saturated carbocycles. The lowest BCUT2D eigenvalue weighted by Crippen LogP contribution is -2.15. The van der Waals surface area contributed by atoms with Gasteiger partial charge in [-0.1, -0.05) is 30.3 Å². The van der Waals surface area contributed by atoms with Crippen molar-refractivity contribution < 1.29 is 18.3 Å². The van der Waals surface area contributed by atoms with E-state index in [-0.39, 0.29) is 17.0 Å². The molecule has 5 nitrogen and oxygen atoms in total. The summed E-state index contributed by atoms with van der Waals surface area (Å²) in [4.78, 5) is 10.9. The average molecular weight is 370 g/mol. The zero-order valence-corrected chi connectivity index (χ0v) is 13.2. The maximum atomic E-state index is 12.4. The molecule has 0 fully saturated rings. The fourth-order valence-corrected chi connectivity index (χ4v) is 3.90. The maximum absolute atomic E-state index is 12.4. The minimum Gasteiger partial charge on any atom is -0.481 e. The third kappa shape index (κ3) is 3.83. The molecule has 21 heavy (non-hydrogen) atoms. The number of carboxylic acids is 1. The number of benzene rings is 2. The topological polar surface area (TPSA) is 83.5 Å². The number of carboxylic acid groups (broad SMARTS) is 1. The van der Waals surface area contributed by atoms with Gasteiger partial charge in [-0.25, -0.2) is 8.42 Å². The van der Waals surface area contributed by atoms with Gasteiger partial charge in [-0.2, -0.15) is 0 Å². The van der Waals surface area contributed by atoms with Gasteiger partial charge in [-0.15, -0.1) is 0 Å². The van der Waals surface area contributed by atoms with Crippen molar-refractivity contribution in [2.75, 3.05) is 4.72 Å². The predicted molar refractivity (Wildman–Crippen MR) is 82.7 cm³/mol. The molecule has 2 aromatic carbocycles. The van der Waals surface area contributed by atoms with Crippen molar-refractivity contribution in [1.82, 2.24) is 0 Å². The minimum atomic E-state index is -3.79. The largest absolute Gasteiger partial charge is 0.481 e. The lowest BCUT2D eigenvalue weighted by Gasteiger charge is -2.12. The zero-order valence-electron chi connectivity index (χ0n) is 10.8. The van der Waals surface area contributed by atoms with E-state index < -0.39 is 16.0 Å². The van der Waals surface area contributed by atoms with Crippen molar-refractivity contribution in [3.63, 3.8) is 0 Å². The second-order valence-electron chi connectivity index (χ2n) is 4.26. The second-order valence-corrected chi connectivity index (χ2v) is 6.77. The number of hydrogen-bond donors (Lipinski definition) is 2. The molecule has 0 spiro atoms. The van der Waals surface area contributed by atoms with Gasteiger partial charge in [0.25, 0.3) is 10.0 Å². The lowest BCUT2D eigenvalue weighted by molar-refractivity contribution is -0.136. The van der Waals surface area contributed by atoms with Gasteiger partial charge in [0, 0.05) is 4.47 Å². The van der Waals surface area contributed by atoms with E-state index in [4.69, 9.17) is 5.11 Å². The lowest BCUT2D eigenvalue weighted by atomic mass is 10.1. The second kappa shape index (κ2) is 6.28.